The molecular weight excluding hydrogens is 366 g/mol. The largest absolute Gasteiger partial charge is 0.478 e. The average Bonchev–Trinajstić information content (AvgIpc) is 2.95. The first-order valence-electron chi connectivity index (χ1n) is 7.75. The molecule has 0 atom stereocenters. The van der Waals surface area contributed by atoms with Crippen molar-refractivity contribution < 1.29 is 27.5 Å². The third kappa shape index (κ3) is 3.97. The van der Waals surface area contributed by atoms with Crippen LogP contribution in [-0.4, -0.2) is 25.8 Å². The molecule has 0 aliphatic carbocycles. The Labute approximate surface area is 150 Å². The molecule has 0 saturated carbocycles. The molecule has 3 rings (SSSR count). The highest BCUT2D eigenvalue weighted by atomic mass is 19.4. The van der Waals surface area contributed by atoms with Gasteiger partial charge in [0.1, 0.15) is 11.4 Å². The van der Waals surface area contributed by atoms with Gasteiger partial charge >= 0.3 is 12.1 Å². The van der Waals surface area contributed by atoms with Crippen molar-refractivity contribution in [2.45, 2.75) is 19.5 Å². The fourth-order valence-electron chi connectivity index (χ4n) is 2.69. The van der Waals surface area contributed by atoms with Crippen molar-refractivity contribution in [1.29, 1.82) is 0 Å². The van der Waals surface area contributed by atoms with Crippen molar-refractivity contribution in [2.75, 3.05) is 0 Å². The molecule has 0 radical (unpaired) electrons. The average molecular weight is 379 g/mol. The number of hydrogen-bond acceptors (Lipinski definition) is 3. The quantitative estimate of drug-likeness (QED) is 0.695. The van der Waals surface area contributed by atoms with E-state index in [0.717, 1.165) is 12.1 Å². The minimum Gasteiger partial charge on any atom is -0.478 e. The summed E-state index contributed by atoms with van der Waals surface area (Å²) in [4.78, 5) is 15.2. The van der Waals surface area contributed by atoms with Gasteiger partial charge in [-0.2, -0.15) is 18.3 Å². The van der Waals surface area contributed by atoms with E-state index in [0.29, 0.717) is 23.1 Å². The number of carboxylic acid groups (broad SMARTS) is 1. The number of aromatic carboxylic acids is 1. The Bertz CT molecular complexity index is 1010. The third-order valence-corrected chi connectivity index (χ3v) is 3.96. The zero-order valence-corrected chi connectivity index (χ0v) is 14.0. The van der Waals surface area contributed by atoms with Crippen LogP contribution in [0.15, 0.2) is 42.7 Å². The number of pyridine rings is 1. The van der Waals surface area contributed by atoms with Crippen LogP contribution in [0.2, 0.25) is 0 Å². The van der Waals surface area contributed by atoms with Gasteiger partial charge in [-0.3, -0.25) is 0 Å². The molecule has 1 aromatic carbocycles. The second-order valence-corrected chi connectivity index (χ2v) is 5.91. The lowest BCUT2D eigenvalue weighted by Crippen LogP contribution is -2.07. The molecule has 3 aromatic rings. The SMILES string of the molecule is Cc1c(C(=O)O)cnn1-c1cc(Cc2cc(F)cc(C(F)(F)F)c2)ccn1. The van der Waals surface area contributed by atoms with E-state index in [1.54, 1.807) is 19.1 Å². The molecule has 2 heterocycles. The predicted octanol–water partition coefficient (Wildman–Crippen LogP) is 4.02. The van der Waals surface area contributed by atoms with Gasteiger partial charge in [0.15, 0.2) is 5.82 Å². The smallest absolute Gasteiger partial charge is 0.416 e. The summed E-state index contributed by atoms with van der Waals surface area (Å²) in [7, 11) is 0. The first kappa shape index (κ1) is 18.6. The Morgan fingerprint density at radius 1 is 1.19 bits per heavy atom. The van der Waals surface area contributed by atoms with Crippen molar-refractivity contribution >= 4 is 5.97 Å². The van der Waals surface area contributed by atoms with E-state index < -0.39 is 23.5 Å². The first-order chi connectivity index (χ1) is 12.6. The molecule has 1 N–H and O–H groups in total. The molecule has 2 aromatic heterocycles. The molecule has 0 bridgehead atoms. The summed E-state index contributed by atoms with van der Waals surface area (Å²) >= 11 is 0. The van der Waals surface area contributed by atoms with Gasteiger partial charge in [-0.05, 0) is 54.8 Å². The van der Waals surface area contributed by atoms with Crippen LogP contribution in [-0.2, 0) is 12.6 Å². The van der Waals surface area contributed by atoms with Crippen molar-refractivity contribution in [3.63, 3.8) is 0 Å². The Morgan fingerprint density at radius 3 is 2.56 bits per heavy atom. The standard InChI is InChI=1S/C18H13F4N3O2/c1-10-15(17(26)27)9-24-25(10)16-7-11(2-3-23-16)4-12-5-13(18(20,21)22)8-14(19)6-12/h2-3,5-9H,4H2,1H3,(H,26,27). The van der Waals surface area contributed by atoms with Crippen LogP contribution in [0.1, 0.15) is 32.7 Å². The van der Waals surface area contributed by atoms with Crippen LogP contribution < -0.4 is 0 Å². The van der Waals surface area contributed by atoms with E-state index in [1.807, 2.05) is 0 Å². The molecule has 0 amide bonds. The normalized spacial score (nSPS) is 11.6. The third-order valence-electron chi connectivity index (χ3n) is 3.96. The van der Waals surface area contributed by atoms with E-state index in [2.05, 4.69) is 10.1 Å². The van der Waals surface area contributed by atoms with Gasteiger partial charge in [0.05, 0.1) is 17.5 Å². The van der Waals surface area contributed by atoms with Crippen molar-refractivity contribution in [3.8, 4) is 5.82 Å². The van der Waals surface area contributed by atoms with Crippen LogP contribution in [0.3, 0.4) is 0 Å². The lowest BCUT2D eigenvalue weighted by atomic mass is 10.0. The van der Waals surface area contributed by atoms with E-state index in [4.69, 9.17) is 5.11 Å². The van der Waals surface area contributed by atoms with Crippen molar-refractivity contribution in [2.24, 2.45) is 0 Å². The lowest BCUT2D eigenvalue weighted by Gasteiger charge is -2.10. The summed E-state index contributed by atoms with van der Waals surface area (Å²) in [6.07, 6.45) is -1.98. The number of carboxylic acids is 1. The molecule has 0 aliphatic rings. The van der Waals surface area contributed by atoms with Crippen LogP contribution >= 0.6 is 0 Å². The summed E-state index contributed by atoms with van der Waals surface area (Å²) in [5, 5.41) is 13.1. The second kappa shape index (κ2) is 6.82. The maximum atomic E-state index is 13.6. The van der Waals surface area contributed by atoms with Crippen LogP contribution in [0, 0.1) is 12.7 Å². The fraction of sp³-hybridized carbons (Fsp3) is 0.167. The van der Waals surface area contributed by atoms with Gasteiger partial charge in [-0.1, -0.05) is 0 Å². The molecule has 0 unspecified atom stereocenters. The van der Waals surface area contributed by atoms with Crippen molar-refractivity contribution in [3.05, 3.63) is 76.5 Å². The number of rotatable bonds is 4. The number of hydrogen-bond donors (Lipinski definition) is 1. The molecule has 0 spiro atoms. The maximum absolute atomic E-state index is 13.6. The van der Waals surface area contributed by atoms with Gasteiger partial charge in [0.2, 0.25) is 0 Å². The Morgan fingerprint density at radius 2 is 1.93 bits per heavy atom. The second-order valence-electron chi connectivity index (χ2n) is 5.91. The highest BCUT2D eigenvalue weighted by Gasteiger charge is 2.31. The summed E-state index contributed by atoms with van der Waals surface area (Å²) in [6.45, 7) is 1.56. The minimum atomic E-state index is -4.64. The number of benzene rings is 1. The highest BCUT2D eigenvalue weighted by molar-refractivity contribution is 5.88. The van der Waals surface area contributed by atoms with Crippen LogP contribution in [0.4, 0.5) is 17.6 Å². The molecule has 5 nitrogen and oxygen atoms in total. The summed E-state index contributed by atoms with van der Waals surface area (Å²) in [5.41, 5.74) is 0.0496. The van der Waals surface area contributed by atoms with Gasteiger partial charge < -0.3 is 5.11 Å². The van der Waals surface area contributed by atoms with E-state index in [9.17, 15) is 22.4 Å². The predicted molar refractivity (Wildman–Crippen MR) is 87.3 cm³/mol. The first-order valence-corrected chi connectivity index (χ1v) is 7.75. The molecular formula is C18H13F4N3O2. The number of halogens is 4. The zero-order valence-electron chi connectivity index (χ0n) is 14.0. The lowest BCUT2D eigenvalue weighted by molar-refractivity contribution is -0.137. The van der Waals surface area contributed by atoms with E-state index in [1.165, 1.54) is 17.1 Å². The molecule has 0 saturated heterocycles. The van der Waals surface area contributed by atoms with Crippen LogP contribution in [0.25, 0.3) is 5.82 Å². The Hall–Kier alpha value is -3.23. The number of nitrogens with zero attached hydrogens (tertiary/aromatic N) is 3. The highest BCUT2D eigenvalue weighted by Crippen LogP contribution is 2.31. The van der Waals surface area contributed by atoms with Crippen molar-refractivity contribution in [1.82, 2.24) is 14.8 Å². The molecule has 0 fully saturated rings. The van der Waals surface area contributed by atoms with E-state index in [-0.39, 0.29) is 17.5 Å². The van der Waals surface area contributed by atoms with Gasteiger partial charge in [0.25, 0.3) is 0 Å². The Kier molecular flexibility index (Phi) is 4.69. The fourth-order valence-corrected chi connectivity index (χ4v) is 2.69. The number of alkyl halides is 3. The molecule has 140 valence electrons. The summed E-state index contributed by atoms with van der Waals surface area (Å²) in [5.74, 6) is -1.79. The number of aromatic nitrogens is 3. The monoisotopic (exact) mass is 379 g/mol. The summed E-state index contributed by atoms with van der Waals surface area (Å²) in [6, 6.07) is 5.52. The van der Waals surface area contributed by atoms with E-state index >= 15 is 0 Å². The molecule has 9 heteroatoms. The maximum Gasteiger partial charge on any atom is 0.416 e. The topological polar surface area (TPSA) is 68.0 Å². The Balaban J connectivity index is 1.94. The van der Waals surface area contributed by atoms with Crippen LogP contribution in [0.5, 0.6) is 0 Å². The molecule has 27 heavy (non-hydrogen) atoms. The minimum absolute atomic E-state index is 0.0159. The molecule has 0 aliphatic heterocycles. The zero-order chi connectivity index (χ0) is 19.8. The van der Waals surface area contributed by atoms with Gasteiger partial charge in [0, 0.05) is 6.20 Å². The van der Waals surface area contributed by atoms with Gasteiger partial charge in [-0.15, -0.1) is 0 Å². The number of carbonyl (C=O) groups is 1. The van der Waals surface area contributed by atoms with Gasteiger partial charge in [-0.25, -0.2) is 18.9 Å². The summed E-state index contributed by atoms with van der Waals surface area (Å²) < 4.78 is 53.4.